The van der Waals surface area contributed by atoms with Crippen LogP contribution < -0.4 is 20.8 Å². The molecular weight excluding hydrogens is 460 g/mol. The van der Waals surface area contributed by atoms with Gasteiger partial charge in [0, 0.05) is 32.2 Å². The molecule has 0 unspecified atom stereocenters. The molecule has 2 atom stereocenters. The number of ether oxygens (including phenoxy) is 1. The van der Waals surface area contributed by atoms with E-state index < -0.39 is 34.5 Å². The molecule has 0 bridgehead atoms. The largest absolute Gasteiger partial charge is 0.488 e. The van der Waals surface area contributed by atoms with E-state index in [-0.39, 0.29) is 42.6 Å². The molecule has 176 valence electrons. The van der Waals surface area contributed by atoms with Gasteiger partial charge in [-0.05, 0) is 30.7 Å². The Hall–Kier alpha value is -2.95. The zero-order valence-electron chi connectivity index (χ0n) is 17.9. The fraction of sp³-hybridized carbons (Fsp3) is 0.364. The van der Waals surface area contributed by atoms with Gasteiger partial charge in [0.25, 0.3) is 0 Å². The molecule has 2 aromatic carbocycles. The first-order chi connectivity index (χ1) is 15.5. The summed E-state index contributed by atoms with van der Waals surface area (Å²) in [4.78, 5) is 25.6. The lowest BCUT2D eigenvalue weighted by atomic mass is 9.89. The molecule has 0 aliphatic carbocycles. The van der Waals surface area contributed by atoms with Gasteiger partial charge in [0.1, 0.15) is 35.3 Å². The molecule has 0 amide bonds. The Balaban J connectivity index is 1.58. The molecule has 0 radical (unpaired) electrons. The zero-order valence-corrected chi connectivity index (χ0v) is 18.6. The van der Waals surface area contributed by atoms with Crippen LogP contribution in [0, 0.1) is 11.6 Å². The Morgan fingerprint density at radius 2 is 1.79 bits per heavy atom. The molecule has 0 saturated carbocycles. The van der Waals surface area contributed by atoms with E-state index in [1.807, 2.05) is 0 Å². The molecule has 4 rings (SSSR count). The van der Waals surface area contributed by atoms with Crippen molar-refractivity contribution in [3.8, 4) is 5.75 Å². The van der Waals surface area contributed by atoms with Gasteiger partial charge in [0.2, 0.25) is 0 Å². The number of aromatic nitrogens is 2. The first-order valence-electron chi connectivity index (χ1n) is 10.1. The number of aliphatic hydroxyl groups is 2. The van der Waals surface area contributed by atoms with Crippen molar-refractivity contribution < 1.29 is 23.7 Å². The topological polar surface area (TPSA) is 96.9 Å². The van der Waals surface area contributed by atoms with E-state index >= 15 is 0 Å². The van der Waals surface area contributed by atoms with E-state index in [9.17, 15) is 28.6 Å². The standard InChI is InChI=1S/C22H22ClF2N3O5/c1-26-15-4-3-5-16(19(15)27(2)21(31)20(26)30)33-11-22(32)6-7-28(10-17(22)29)18-13(24)8-12(23)9-14(18)25/h3-5,8-9,17,29,32H,6-7,10-11H2,1-2H3/t17-,22-/m1/s1. The van der Waals surface area contributed by atoms with Crippen molar-refractivity contribution in [2.24, 2.45) is 14.1 Å². The van der Waals surface area contributed by atoms with Gasteiger partial charge >= 0.3 is 11.1 Å². The highest BCUT2D eigenvalue weighted by Gasteiger charge is 2.42. The predicted octanol–water partition coefficient (Wildman–Crippen LogP) is 1.55. The second-order valence-corrected chi connectivity index (χ2v) is 8.61. The molecule has 8 nitrogen and oxygen atoms in total. The van der Waals surface area contributed by atoms with E-state index in [2.05, 4.69) is 0 Å². The molecule has 0 spiro atoms. The van der Waals surface area contributed by atoms with Gasteiger partial charge in [0.05, 0.1) is 5.52 Å². The number of aryl methyl sites for hydroxylation is 2. The van der Waals surface area contributed by atoms with Crippen LogP contribution in [0.2, 0.25) is 5.02 Å². The maximum Gasteiger partial charge on any atom is 0.316 e. The zero-order chi connectivity index (χ0) is 24.1. The SMILES string of the molecule is Cn1c(=O)c(=O)n(C)c2c(OC[C@]3(O)CCN(c4c(F)cc(Cl)cc4F)C[C@H]3O)cccc21. The summed E-state index contributed by atoms with van der Waals surface area (Å²) >= 11 is 5.67. The Morgan fingerprint density at radius 3 is 2.42 bits per heavy atom. The Labute approximate surface area is 191 Å². The first-order valence-corrected chi connectivity index (χ1v) is 10.5. The minimum Gasteiger partial charge on any atom is -0.488 e. The lowest BCUT2D eigenvalue weighted by molar-refractivity contribution is -0.108. The highest BCUT2D eigenvalue weighted by atomic mass is 35.5. The van der Waals surface area contributed by atoms with Gasteiger partial charge in [0.15, 0.2) is 11.6 Å². The fourth-order valence-electron chi connectivity index (χ4n) is 4.11. The lowest BCUT2D eigenvalue weighted by Gasteiger charge is -2.42. The van der Waals surface area contributed by atoms with E-state index in [4.69, 9.17) is 16.3 Å². The number of aliphatic hydroxyl groups excluding tert-OH is 1. The third-order valence-corrected chi connectivity index (χ3v) is 6.29. The summed E-state index contributed by atoms with van der Waals surface area (Å²) in [6.45, 7) is -0.531. The van der Waals surface area contributed by atoms with Crippen LogP contribution in [-0.2, 0) is 14.1 Å². The summed E-state index contributed by atoms with van der Waals surface area (Å²) in [6.07, 6.45) is -1.43. The van der Waals surface area contributed by atoms with Gasteiger partial charge in [-0.25, -0.2) is 8.78 Å². The molecule has 1 aliphatic rings. The van der Waals surface area contributed by atoms with Crippen LogP contribution >= 0.6 is 11.6 Å². The molecule has 3 aromatic rings. The number of benzene rings is 2. The Kier molecular flexibility index (Phi) is 5.94. The number of halogens is 3. The fourth-order valence-corrected chi connectivity index (χ4v) is 4.30. The normalized spacial score (nSPS) is 20.9. The van der Waals surface area contributed by atoms with E-state index in [0.717, 1.165) is 12.1 Å². The van der Waals surface area contributed by atoms with Crippen LogP contribution in [0.4, 0.5) is 14.5 Å². The molecular formula is C22H22ClF2N3O5. The smallest absolute Gasteiger partial charge is 0.316 e. The molecule has 11 heteroatoms. The predicted molar refractivity (Wildman–Crippen MR) is 119 cm³/mol. The second kappa shape index (κ2) is 8.44. The minimum absolute atomic E-state index is 0.0438. The average molecular weight is 482 g/mol. The monoisotopic (exact) mass is 481 g/mol. The quantitative estimate of drug-likeness (QED) is 0.549. The maximum atomic E-state index is 14.3. The van der Waals surface area contributed by atoms with Crippen molar-refractivity contribution in [2.45, 2.75) is 18.1 Å². The highest BCUT2D eigenvalue weighted by Crippen LogP contribution is 2.33. The molecule has 2 heterocycles. The van der Waals surface area contributed by atoms with Gasteiger partial charge < -0.3 is 29.0 Å². The molecule has 2 N–H and O–H groups in total. The van der Waals surface area contributed by atoms with E-state index in [1.54, 1.807) is 18.2 Å². The Morgan fingerprint density at radius 1 is 1.15 bits per heavy atom. The van der Waals surface area contributed by atoms with Gasteiger partial charge in [-0.1, -0.05) is 17.7 Å². The molecule has 1 saturated heterocycles. The molecule has 33 heavy (non-hydrogen) atoms. The van der Waals surface area contributed by atoms with Gasteiger partial charge in [-0.3, -0.25) is 9.59 Å². The molecule has 1 aliphatic heterocycles. The van der Waals surface area contributed by atoms with E-state index in [0.29, 0.717) is 11.0 Å². The second-order valence-electron chi connectivity index (χ2n) is 8.17. The third kappa shape index (κ3) is 3.98. The number of β-amino-alcohol motifs (C(OH)–C–C–N with tert-alkyl or cyclic N) is 1. The summed E-state index contributed by atoms with van der Waals surface area (Å²) in [5.74, 6) is -1.49. The summed E-state index contributed by atoms with van der Waals surface area (Å²) in [6, 6.07) is 6.83. The molecule has 1 aromatic heterocycles. The Bertz CT molecular complexity index is 1340. The van der Waals surface area contributed by atoms with E-state index in [1.165, 1.54) is 28.1 Å². The first kappa shape index (κ1) is 23.2. The van der Waals surface area contributed by atoms with Crippen LogP contribution in [0.15, 0.2) is 39.9 Å². The number of hydrogen-bond acceptors (Lipinski definition) is 6. The van der Waals surface area contributed by atoms with Gasteiger partial charge in [-0.2, -0.15) is 0 Å². The summed E-state index contributed by atoms with van der Waals surface area (Å²) in [5, 5.41) is 21.5. The summed E-state index contributed by atoms with van der Waals surface area (Å²) in [7, 11) is 2.91. The number of piperidine rings is 1. The number of rotatable bonds is 4. The summed E-state index contributed by atoms with van der Waals surface area (Å²) < 4.78 is 36.7. The minimum atomic E-state index is -1.71. The number of anilines is 1. The lowest BCUT2D eigenvalue weighted by Crippen LogP contribution is -2.58. The van der Waals surface area contributed by atoms with Crippen molar-refractivity contribution in [3.05, 3.63) is 67.7 Å². The highest BCUT2D eigenvalue weighted by molar-refractivity contribution is 6.30. The van der Waals surface area contributed by atoms with Crippen molar-refractivity contribution >= 4 is 28.3 Å². The van der Waals surface area contributed by atoms with Crippen LogP contribution in [0.3, 0.4) is 0 Å². The number of nitrogens with zero attached hydrogens (tertiary/aromatic N) is 3. The van der Waals surface area contributed by atoms with Crippen LogP contribution in [0.25, 0.3) is 11.0 Å². The van der Waals surface area contributed by atoms with Crippen molar-refractivity contribution in [1.82, 2.24) is 9.13 Å². The van der Waals surface area contributed by atoms with Crippen molar-refractivity contribution in [2.75, 3.05) is 24.6 Å². The van der Waals surface area contributed by atoms with Crippen LogP contribution in [-0.4, -0.2) is 50.7 Å². The maximum absolute atomic E-state index is 14.3. The number of hydrogen-bond donors (Lipinski definition) is 2. The van der Waals surface area contributed by atoms with Crippen LogP contribution in [0.5, 0.6) is 5.75 Å². The van der Waals surface area contributed by atoms with Crippen LogP contribution in [0.1, 0.15) is 6.42 Å². The average Bonchev–Trinajstić information content (AvgIpc) is 2.76. The van der Waals surface area contributed by atoms with Gasteiger partial charge in [-0.15, -0.1) is 0 Å². The summed E-state index contributed by atoms with van der Waals surface area (Å²) in [5.41, 5.74) is -2.66. The van der Waals surface area contributed by atoms with Crippen molar-refractivity contribution in [3.63, 3.8) is 0 Å². The third-order valence-electron chi connectivity index (χ3n) is 6.07. The molecule has 1 fully saturated rings. The number of para-hydroxylation sites is 1. The van der Waals surface area contributed by atoms with Crippen molar-refractivity contribution in [1.29, 1.82) is 0 Å². The number of fused-ring (bicyclic) bond motifs is 1.